The highest BCUT2D eigenvalue weighted by Gasteiger charge is 2.05. The summed E-state index contributed by atoms with van der Waals surface area (Å²) >= 11 is 5.57. The van der Waals surface area contributed by atoms with Crippen molar-refractivity contribution in [3.63, 3.8) is 0 Å². The van der Waals surface area contributed by atoms with Gasteiger partial charge in [0.15, 0.2) is 5.82 Å². The van der Waals surface area contributed by atoms with E-state index in [1.165, 1.54) is 6.33 Å². The number of hydrogen-bond donors (Lipinski definition) is 0. The van der Waals surface area contributed by atoms with Crippen molar-refractivity contribution in [2.45, 2.75) is 20.1 Å². The van der Waals surface area contributed by atoms with E-state index in [9.17, 15) is 0 Å². The second kappa shape index (κ2) is 6.81. The van der Waals surface area contributed by atoms with Gasteiger partial charge in [-0.2, -0.15) is 5.10 Å². The van der Waals surface area contributed by atoms with Crippen molar-refractivity contribution in [1.82, 2.24) is 14.8 Å². The van der Waals surface area contributed by atoms with Crippen molar-refractivity contribution < 1.29 is 4.74 Å². The Labute approximate surface area is 117 Å². The molecule has 0 aliphatic carbocycles. The molecule has 0 saturated carbocycles. The van der Waals surface area contributed by atoms with E-state index >= 15 is 0 Å². The Morgan fingerprint density at radius 3 is 3.00 bits per heavy atom. The van der Waals surface area contributed by atoms with E-state index in [2.05, 4.69) is 21.9 Å². The predicted molar refractivity (Wildman–Crippen MR) is 74.1 cm³/mol. The lowest BCUT2D eigenvalue weighted by Crippen LogP contribution is -2.07. The van der Waals surface area contributed by atoms with Crippen LogP contribution in [0.25, 0.3) is 0 Å². The molecule has 0 unspecified atom stereocenters. The summed E-state index contributed by atoms with van der Waals surface area (Å²) in [6, 6.07) is 7.61. The molecule has 0 fully saturated rings. The van der Waals surface area contributed by atoms with Gasteiger partial charge in [-0.3, -0.25) is 0 Å². The third kappa shape index (κ3) is 3.49. The van der Waals surface area contributed by atoms with Crippen LogP contribution in [0.1, 0.15) is 18.3 Å². The van der Waals surface area contributed by atoms with Gasteiger partial charge >= 0.3 is 0 Å². The molecule has 0 radical (unpaired) electrons. The normalized spacial score (nSPS) is 9.79. The van der Waals surface area contributed by atoms with Crippen LogP contribution in [0.5, 0.6) is 5.75 Å². The first-order chi connectivity index (χ1) is 9.35. The van der Waals surface area contributed by atoms with Crippen LogP contribution in [0.3, 0.4) is 0 Å². The van der Waals surface area contributed by atoms with E-state index in [0.29, 0.717) is 12.5 Å². The number of aryl methyl sites for hydroxylation is 1. The number of para-hydroxylation sites is 1. The minimum Gasteiger partial charge on any atom is -0.484 e. The smallest absolute Gasteiger partial charge is 0.164 e. The average molecular weight is 276 g/mol. The predicted octanol–water partition coefficient (Wildman–Crippen LogP) is 2.47. The number of halogens is 1. The van der Waals surface area contributed by atoms with Crippen LogP contribution in [0.2, 0.25) is 0 Å². The molecule has 1 aromatic heterocycles. The van der Waals surface area contributed by atoms with Crippen molar-refractivity contribution in [3.05, 3.63) is 42.0 Å². The molecule has 0 aliphatic heterocycles. The first kappa shape index (κ1) is 13.4. The number of nitrogens with zero attached hydrogens (tertiary/aromatic N) is 3. The van der Waals surface area contributed by atoms with E-state index < -0.39 is 0 Å². The van der Waals surface area contributed by atoms with Crippen molar-refractivity contribution in [2.75, 3.05) is 5.88 Å². The fourth-order valence-corrected chi connectivity index (χ4v) is 1.70. The van der Waals surface area contributed by atoms with Gasteiger partial charge in [0.05, 0.1) is 11.4 Å². The zero-order chi connectivity index (χ0) is 13.5. The van der Waals surface area contributed by atoms with Crippen LogP contribution in [0.15, 0.2) is 30.6 Å². The van der Waals surface area contributed by atoms with Crippen LogP contribution in [-0.4, -0.2) is 20.6 Å². The maximum Gasteiger partial charge on any atom is 0.164 e. The van der Waals surface area contributed by atoms with Crippen molar-refractivity contribution in [3.8, 4) is 17.6 Å². The molecular formula is C14H14ClN3O. The molecule has 0 aliphatic rings. The van der Waals surface area contributed by atoms with E-state index in [1.54, 1.807) is 4.68 Å². The molecule has 19 heavy (non-hydrogen) atoms. The first-order valence-corrected chi connectivity index (χ1v) is 6.52. The number of hydrogen-bond acceptors (Lipinski definition) is 3. The molecule has 0 N–H and O–H groups in total. The lowest BCUT2D eigenvalue weighted by molar-refractivity contribution is 0.286. The molecule has 4 nitrogen and oxygen atoms in total. The topological polar surface area (TPSA) is 39.9 Å². The minimum atomic E-state index is 0.304. The van der Waals surface area contributed by atoms with Gasteiger partial charge in [0, 0.05) is 6.54 Å². The largest absolute Gasteiger partial charge is 0.484 e. The minimum absolute atomic E-state index is 0.304. The molecule has 2 rings (SSSR count). The van der Waals surface area contributed by atoms with Crippen LogP contribution in [-0.2, 0) is 13.2 Å². The zero-order valence-electron chi connectivity index (χ0n) is 10.6. The first-order valence-electron chi connectivity index (χ1n) is 5.98. The number of alkyl halides is 1. The quantitative estimate of drug-likeness (QED) is 0.636. The second-order valence-corrected chi connectivity index (χ2v) is 3.98. The highest BCUT2D eigenvalue weighted by Crippen LogP contribution is 2.17. The fraction of sp³-hybridized carbons (Fsp3) is 0.286. The third-order valence-electron chi connectivity index (χ3n) is 2.53. The number of aromatic nitrogens is 3. The highest BCUT2D eigenvalue weighted by molar-refractivity contribution is 6.19. The highest BCUT2D eigenvalue weighted by atomic mass is 35.5. The molecule has 98 valence electrons. The summed E-state index contributed by atoms with van der Waals surface area (Å²) in [6.07, 6.45) is 1.53. The maximum atomic E-state index is 5.75. The molecule has 2 aromatic rings. The molecule has 0 bridgehead atoms. The van der Waals surface area contributed by atoms with Gasteiger partial charge in [0.2, 0.25) is 0 Å². The van der Waals surface area contributed by atoms with Gasteiger partial charge in [0.25, 0.3) is 0 Å². The Morgan fingerprint density at radius 1 is 1.37 bits per heavy atom. The second-order valence-electron chi connectivity index (χ2n) is 3.71. The summed E-state index contributed by atoms with van der Waals surface area (Å²) in [5.41, 5.74) is 0.825. The zero-order valence-corrected chi connectivity index (χ0v) is 11.4. The van der Waals surface area contributed by atoms with Gasteiger partial charge in [-0.25, -0.2) is 9.67 Å². The standard InChI is InChI=1S/C14H14ClN3O/c1-2-18-14(16-11-17-18)10-19-13-8-4-3-6-12(13)7-5-9-15/h3-4,6,8,11H,2,9-10H2,1H3. The van der Waals surface area contributed by atoms with Crippen molar-refractivity contribution in [1.29, 1.82) is 0 Å². The van der Waals surface area contributed by atoms with Gasteiger partial charge in [0.1, 0.15) is 18.7 Å². The summed E-state index contributed by atoms with van der Waals surface area (Å²) in [7, 11) is 0. The Morgan fingerprint density at radius 2 is 2.21 bits per heavy atom. The Balaban J connectivity index is 2.11. The average Bonchev–Trinajstić information content (AvgIpc) is 2.91. The molecule has 0 spiro atoms. The monoisotopic (exact) mass is 275 g/mol. The maximum absolute atomic E-state index is 5.75. The number of ether oxygens (including phenoxy) is 1. The van der Waals surface area contributed by atoms with Crippen LogP contribution >= 0.6 is 11.6 Å². The Kier molecular flexibility index (Phi) is 4.82. The Hall–Kier alpha value is -1.99. The van der Waals surface area contributed by atoms with Crippen LogP contribution in [0.4, 0.5) is 0 Å². The number of benzene rings is 1. The van der Waals surface area contributed by atoms with Gasteiger partial charge in [-0.1, -0.05) is 24.0 Å². The number of rotatable bonds is 4. The van der Waals surface area contributed by atoms with Gasteiger partial charge < -0.3 is 4.74 Å². The van der Waals surface area contributed by atoms with Crippen molar-refractivity contribution in [2.24, 2.45) is 0 Å². The summed E-state index contributed by atoms with van der Waals surface area (Å²) in [5, 5.41) is 4.10. The van der Waals surface area contributed by atoms with Crippen molar-refractivity contribution >= 4 is 11.6 Å². The van der Waals surface area contributed by atoms with E-state index in [1.807, 2.05) is 31.2 Å². The molecule has 5 heteroatoms. The van der Waals surface area contributed by atoms with Crippen LogP contribution < -0.4 is 4.74 Å². The molecule has 1 aromatic carbocycles. The molecular weight excluding hydrogens is 262 g/mol. The lowest BCUT2D eigenvalue weighted by Gasteiger charge is -2.08. The summed E-state index contributed by atoms with van der Waals surface area (Å²) in [5.74, 6) is 7.62. The van der Waals surface area contributed by atoms with Gasteiger partial charge in [-0.05, 0) is 19.1 Å². The Bertz CT molecular complexity index is 598. The van der Waals surface area contributed by atoms with E-state index in [0.717, 1.165) is 23.7 Å². The lowest BCUT2D eigenvalue weighted by atomic mass is 10.2. The third-order valence-corrected chi connectivity index (χ3v) is 2.66. The summed E-state index contributed by atoms with van der Waals surface area (Å²) < 4.78 is 7.55. The van der Waals surface area contributed by atoms with E-state index in [4.69, 9.17) is 16.3 Å². The molecule has 0 atom stereocenters. The molecule has 0 saturated heterocycles. The summed E-state index contributed by atoms with van der Waals surface area (Å²) in [4.78, 5) is 4.16. The summed E-state index contributed by atoms with van der Waals surface area (Å²) in [6.45, 7) is 3.15. The van der Waals surface area contributed by atoms with E-state index in [-0.39, 0.29) is 0 Å². The SMILES string of the molecule is CCn1ncnc1COc1ccccc1C#CCCl. The van der Waals surface area contributed by atoms with Crippen LogP contribution in [0, 0.1) is 11.8 Å². The molecule has 0 amide bonds. The molecule has 1 heterocycles. The fourth-order valence-electron chi connectivity index (χ4n) is 1.63. The van der Waals surface area contributed by atoms with Gasteiger partial charge in [-0.15, -0.1) is 11.6 Å².